The molecule has 1 heterocycles. The van der Waals surface area contributed by atoms with Crippen molar-refractivity contribution in [3.05, 3.63) is 0 Å². The van der Waals surface area contributed by atoms with E-state index in [1.807, 2.05) is 7.05 Å². The quantitative estimate of drug-likeness (QED) is 0.402. The highest BCUT2D eigenvalue weighted by Gasteiger charge is 2.33. The van der Waals surface area contributed by atoms with E-state index in [0.717, 1.165) is 50.7 Å². The predicted octanol–water partition coefficient (Wildman–Crippen LogP) is 1.97. The number of nitrogens with zero attached hydrogens (tertiary/aromatic N) is 2. The molecule has 0 radical (unpaired) electrons. The monoisotopic (exact) mass is 408 g/mol. The lowest BCUT2D eigenvalue weighted by atomic mass is 10.1. The summed E-state index contributed by atoms with van der Waals surface area (Å²) in [5.41, 5.74) is 0. The van der Waals surface area contributed by atoms with Gasteiger partial charge in [-0.05, 0) is 31.6 Å². The van der Waals surface area contributed by atoms with E-state index in [9.17, 15) is 4.79 Å². The van der Waals surface area contributed by atoms with E-state index in [4.69, 9.17) is 0 Å². The van der Waals surface area contributed by atoms with Crippen molar-refractivity contribution in [1.29, 1.82) is 0 Å². The van der Waals surface area contributed by atoms with Crippen LogP contribution in [0.2, 0.25) is 0 Å². The first-order valence-electron chi connectivity index (χ1n) is 7.92. The smallest absolute Gasteiger partial charge is 0.222 e. The molecule has 1 amide bonds. The summed E-state index contributed by atoms with van der Waals surface area (Å²) in [5, 5.41) is 6.78. The molecule has 122 valence electrons. The van der Waals surface area contributed by atoms with Crippen LogP contribution in [0.5, 0.6) is 0 Å². The molecule has 2 aliphatic rings. The third-order valence-corrected chi connectivity index (χ3v) is 4.45. The van der Waals surface area contributed by atoms with Crippen LogP contribution in [-0.4, -0.2) is 49.0 Å². The first kappa shape index (κ1) is 18.5. The molecule has 3 unspecified atom stereocenters. The van der Waals surface area contributed by atoms with Crippen LogP contribution in [0.1, 0.15) is 46.0 Å². The molecule has 1 saturated heterocycles. The zero-order valence-electron chi connectivity index (χ0n) is 13.4. The maximum Gasteiger partial charge on any atom is 0.222 e. The Morgan fingerprint density at radius 2 is 2.24 bits per heavy atom. The topological polar surface area (TPSA) is 56.7 Å². The van der Waals surface area contributed by atoms with Crippen LogP contribution in [-0.2, 0) is 4.79 Å². The number of rotatable bonds is 6. The Morgan fingerprint density at radius 1 is 1.52 bits per heavy atom. The first-order valence-corrected chi connectivity index (χ1v) is 7.92. The predicted molar refractivity (Wildman–Crippen MR) is 97.1 cm³/mol. The molecule has 2 rings (SSSR count). The molecule has 2 N–H and O–H groups in total. The average Bonchev–Trinajstić information content (AvgIpc) is 2.96. The normalized spacial score (nSPS) is 26.3. The Hall–Kier alpha value is -0.530. The zero-order chi connectivity index (χ0) is 14.5. The highest BCUT2D eigenvalue weighted by molar-refractivity contribution is 14.0. The summed E-state index contributed by atoms with van der Waals surface area (Å²) in [5.74, 6) is 1.98. The van der Waals surface area contributed by atoms with Gasteiger partial charge in [-0.25, -0.2) is 0 Å². The largest absolute Gasteiger partial charge is 0.356 e. The highest BCUT2D eigenvalue weighted by atomic mass is 127. The zero-order valence-corrected chi connectivity index (χ0v) is 15.7. The number of carbonyl (C=O) groups is 1. The van der Waals surface area contributed by atoms with Gasteiger partial charge in [-0.2, -0.15) is 0 Å². The second-order valence-electron chi connectivity index (χ2n) is 6.00. The molecule has 6 heteroatoms. The highest BCUT2D eigenvalue weighted by Crippen LogP contribution is 2.28. The van der Waals surface area contributed by atoms with Gasteiger partial charge in [-0.1, -0.05) is 13.8 Å². The molecule has 0 aromatic rings. The van der Waals surface area contributed by atoms with Crippen molar-refractivity contribution in [2.75, 3.05) is 20.1 Å². The number of nitrogens with one attached hydrogen (secondary N) is 2. The minimum atomic E-state index is 0. The average molecular weight is 408 g/mol. The maximum atomic E-state index is 11.8. The third kappa shape index (κ3) is 5.30. The Morgan fingerprint density at radius 3 is 2.71 bits per heavy atom. The molecule has 1 aliphatic carbocycles. The van der Waals surface area contributed by atoms with Crippen molar-refractivity contribution >= 4 is 35.8 Å². The summed E-state index contributed by atoms with van der Waals surface area (Å²) in [7, 11) is 1.81. The molecule has 0 aromatic heterocycles. The summed E-state index contributed by atoms with van der Waals surface area (Å²) in [6.07, 6.45) is 5.00. The molecule has 0 spiro atoms. The summed E-state index contributed by atoms with van der Waals surface area (Å²) < 4.78 is 0. The van der Waals surface area contributed by atoms with Crippen molar-refractivity contribution < 1.29 is 4.79 Å². The number of amides is 1. The van der Waals surface area contributed by atoms with Crippen molar-refractivity contribution in [1.82, 2.24) is 15.5 Å². The van der Waals surface area contributed by atoms with Gasteiger partial charge < -0.3 is 15.5 Å². The van der Waals surface area contributed by atoms with E-state index in [1.54, 1.807) is 0 Å². The van der Waals surface area contributed by atoms with Crippen molar-refractivity contribution in [3.8, 4) is 0 Å². The standard InChI is InChI=1S/C15H28N4O.HI/c1-4-12(19-9-5-6-14(19)20)7-8-17-15(16-3)18-13-10-11(13)2;/h11-13H,4-10H2,1-3H3,(H2,16,17,18);1H. The summed E-state index contributed by atoms with van der Waals surface area (Å²) in [6, 6.07) is 0.957. The van der Waals surface area contributed by atoms with E-state index in [1.165, 1.54) is 6.42 Å². The number of carbonyl (C=O) groups excluding carboxylic acids is 1. The van der Waals surface area contributed by atoms with E-state index < -0.39 is 0 Å². The third-order valence-electron chi connectivity index (χ3n) is 4.45. The lowest BCUT2D eigenvalue weighted by molar-refractivity contribution is -0.129. The van der Waals surface area contributed by atoms with Crippen LogP contribution in [0.4, 0.5) is 0 Å². The van der Waals surface area contributed by atoms with Gasteiger partial charge in [0.2, 0.25) is 5.91 Å². The molecular formula is C15H29IN4O. The SMILES string of the molecule is CCC(CCNC(=NC)NC1CC1C)N1CCCC1=O.I. The molecule has 2 fully saturated rings. The van der Waals surface area contributed by atoms with Gasteiger partial charge >= 0.3 is 0 Å². The van der Waals surface area contributed by atoms with Crippen LogP contribution < -0.4 is 10.6 Å². The minimum Gasteiger partial charge on any atom is -0.356 e. The molecule has 3 atom stereocenters. The van der Waals surface area contributed by atoms with Crippen LogP contribution >= 0.6 is 24.0 Å². The van der Waals surface area contributed by atoms with E-state index >= 15 is 0 Å². The summed E-state index contributed by atoms with van der Waals surface area (Å²) >= 11 is 0. The van der Waals surface area contributed by atoms with Crippen molar-refractivity contribution in [2.45, 2.75) is 58.0 Å². The van der Waals surface area contributed by atoms with Crippen LogP contribution in [0.15, 0.2) is 4.99 Å². The lowest BCUT2D eigenvalue weighted by Crippen LogP contribution is -2.42. The van der Waals surface area contributed by atoms with Crippen molar-refractivity contribution in [3.63, 3.8) is 0 Å². The fourth-order valence-corrected chi connectivity index (χ4v) is 2.89. The number of hydrogen-bond acceptors (Lipinski definition) is 2. The van der Waals surface area contributed by atoms with Crippen LogP contribution in [0.25, 0.3) is 0 Å². The van der Waals surface area contributed by atoms with Gasteiger partial charge in [0.05, 0.1) is 0 Å². The van der Waals surface area contributed by atoms with Gasteiger partial charge in [0.15, 0.2) is 5.96 Å². The molecule has 5 nitrogen and oxygen atoms in total. The Labute approximate surface area is 145 Å². The number of guanidine groups is 1. The second kappa shape index (κ2) is 8.80. The maximum absolute atomic E-state index is 11.8. The number of likely N-dealkylation sites (tertiary alicyclic amines) is 1. The molecule has 21 heavy (non-hydrogen) atoms. The minimum absolute atomic E-state index is 0. The summed E-state index contributed by atoms with van der Waals surface area (Å²) in [4.78, 5) is 18.1. The fraction of sp³-hybridized carbons (Fsp3) is 0.867. The Bertz CT molecular complexity index is 375. The van der Waals surface area contributed by atoms with Gasteiger partial charge in [0.1, 0.15) is 0 Å². The van der Waals surface area contributed by atoms with Crippen LogP contribution in [0, 0.1) is 5.92 Å². The number of aliphatic imine (C=N–C) groups is 1. The first-order chi connectivity index (χ1) is 9.65. The van der Waals surface area contributed by atoms with E-state index in [0.29, 0.717) is 18.0 Å². The van der Waals surface area contributed by atoms with Gasteiger partial charge in [-0.3, -0.25) is 9.79 Å². The van der Waals surface area contributed by atoms with Gasteiger partial charge in [0, 0.05) is 38.6 Å². The molecule has 1 saturated carbocycles. The van der Waals surface area contributed by atoms with Crippen LogP contribution in [0.3, 0.4) is 0 Å². The number of hydrogen-bond donors (Lipinski definition) is 2. The molecule has 0 aromatic carbocycles. The van der Waals surface area contributed by atoms with Crippen molar-refractivity contribution in [2.24, 2.45) is 10.9 Å². The second-order valence-corrected chi connectivity index (χ2v) is 6.00. The molecule has 1 aliphatic heterocycles. The lowest BCUT2D eigenvalue weighted by Gasteiger charge is -2.27. The Balaban J connectivity index is 0.00000220. The molecular weight excluding hydrogens is 379 g/mol. The Kier molecular flexibility index (Phi) is 7.76. The fourth-order valence-electron chi connectivity index (χ4n) is 2.89. The number of halogens is 1. The van der Waals surface area contributed by atoms with E-state index in [2.05, 4.69) is 34.4 Å². The summed E-state index contributed by atoms with van der Waals surface area (Å²) in [6.45, 7) is 6.21. The van der Waals surface area contributed by atoms with Gasteiger partial charge in [-0.15, -0.1) is 24.0 Å². The van der Waals surface area contributed by atoms with E-state index in [-0.39, 0.29) is 24.0 Å². The molecule has 0 bridgehead atoms. The van der Waals surface area contributed by atoms with Gasteiger partial charge in [0.25, 0.3) is 0 Å².